The van der Waals surface area contributed by atoms with Gasteiger partial charge in [-0.1, -0.05) is 11.6 Å². The zero-order valence-corrected chi connectivity index (χ0v) is 10.3. The van der Waals surface area contributed by atoms with E-state index in [2.05, 4.69) is 11.1 Å². The van der Waals surface area contributed by atoms with Crippen LogP contribution in [0.2, 0.25) is 5.02 Å². The largest absolute Gasteiger partial charge is 0.497 e. The van der Waals surface area contributed by atoms with Crippen molar-refractivity contribution >= 4 is 11.6 Å². The fraction of sp³-hybridized carbons (Fsp3) is 0.154. The SMILES string of the molecule is COc1ccc(-c2cc(C#N)c(C)[nH]2)c(Cl)c1. The molecule has 86 valence electrons. The lowest BCUT2D eigenvalue weighted by molar-refractivity contribution is 0.415. The van der Waals surface area contributed by atoms with Crippen LogP contribution in [0.4, 0.5) is 0 Å². The number of nitrogens with zero attached hydrogens (tertiary/aromatic N) is 1. The number of hydrogen-bond donors (Lipinski definition) is 1. The molecule has 4 heteroatoms. The van der Waals surface area contributed by atoms with Gasteiger partial charge < -0.3 is 9.72 Å². The van der Waals surface area contributed by atoms with Gasteiger partial charge in [0.15, 0.2) is 0 Å². The van der Waals surface area contributed by atoms with Gasteiger partial charge in [-0.25, -0.2) is 0 Å². The lowest BCUT2D eigenvalue weighted by atomic mass is 10.1. The quantitative estimate of drug-likeness (QED) is 0.881. The highest BCUT2D eigenvalue weighted by Crippen LogP contribution is 2.31. The summed E-state index contributed by atoms with van der Waals surface area (Å²) in [7, 11) is 1.60. The molecule has 0 aliphatic rings. The summed E-state index contributed by atoms with van der Waals surface area (Å²) in [5.41, 5.74) is 3.17. The molecule has 1 N–H and O–H groups in total. The fourth-order valence-electron chi connectivity index (χ4n) is 1.66. The summed E-state index contributed by atoms with van der Waals surface area (Å²) < 4.78 is 5.09. The van der Waals surface area contributed by atoms with Crippen molar-refractivity contribution in [3.8, 4) is 23.1 Å². The average molecular weight is 247 g/mol. The van der Waals surface area contributed by atoms with Gasteiger partial charge in [0.2, 0.25) is 0 Å². The Balaban J connectivity index is 2.50. The van der Waals surface area contributed by atoms with Crippen LogP contribution in [-0.4, -0.2) is 12.1 Å². The molecular formula is C13H11ClN2O. The predicted octanol–water partition coefficient (Wildman–Crippen LogP) is 3.52. The third-order valence-corrected chi connectivity index (χ3v) is 2.91. The van der Waals surface area contributed by atoms with E-state index < -0.39 is 0 Å². The number of methoxy groups -OCH3 is 1. The normalized spacial score (nSPS) is 10.0. The molecule has 2 rings (SSSR count). The van der Waals surface area contributed by atoms with Crippen LogP contribution in [0.3, 0.4) is 0 Å². The number of aromatic amines is 1. The fourth-order valence-corrected chi connectivity index (χ4v) is 1.93. The minimum atomic E-state index is 0.593. The second-order valence-corrected chi connectivity index (χ2v) is 4.09. The van der Waals surface area contributed by atoms with Gasteiger partial charge in [-0.05, 0) is 31.2 Å². The van der Waals surface area contributed by atoms with Gasteiger partial charge in [0, 0.05) is 17.0 Å². The molecule has 0 aliphatic heterocycles. The highest BCUT2D eigenvalue weighted by molar-refractivity contribution is 6.33. The van der Waals surface area contributed by atoms with Gasteiger partial charge in [0.1, 0.15) is 11.8 Å². The summed E-state index contributed by atoms with van der Waals surface area (Å²) >= 11 is 6.16. The van der Waals surface area contributed by atoms with Crippen molar-refractivity contribution in [3.63, 3.8) is 0 Å². The molecule has 0 saturated carbocycles. The van der Waals surface area contributed by atoms with Crippen LogP contribution in [-0.2, 0) is 0 Å². The minimum Gasteiger partial charge on any atom is -0.497 e. The molecule has 17 heavy (non-hydrogen) atoms. The molecule has 0 fully saturated rings. The standard InChI is InChI=1S/C13H11ClN2O/c1-8-9(7-15)5-13(16-8)11-4-3-10(17-2)6-12(11)14/h3-6,16H,1-2H3. The molecular weight excluding hydrogens is 236 g/mol. The Labute approximate surface area is 105 Å². The summed E-state index contributed by atoms with van der Waals surface area (Å²) in [5.74, 6) is 0.711. The molecule has 1 aromatic carbocycles. The van der Waals surface area contributed by atoms with Crippen LogP contribution in [0, 0.1) is 18.3 Å². The van der Waals surface area contributed by atoms with Crippen LogP contribution in [0.5, 0.6) is 5.75 Å². The van der Waals surface area contributed by atoms with E-state index in [0.29, 0.717) is 16.3 Å². The zero-order valence-electron chi connectivity index (χ0n) is 9.54. The van der Waals surface area contributed by atoms with Gasteiger partial charge >= 0.3 is 0 Å². The van der Waals surface area contributed by atoms with Crippen LogP contribution in [0.15, 0.2) is 24.3 Å². The first-order valence-electron chi connectivity index (χ1n) is 5.09. The van der Waals surface area contributed by atoms with Gasteiger partial charge in [-0.3, -0.25) is 0 Å². The minimum absolute atomic E-state index is 0.593. The third-order valence-electron chi connectivity index (χ3n) is 2.60. The molecule has 2 aromatic rings. The molecule has 1 heterocycles. The molecule has 3 nitrogen and oxygen atoms in total. The van der Waals surface area contributed by atoms with E-state index in [9.17, 15) is 0 Å². The molecule has 0 atom stereocenters. The summed E-state index contributed by atoms with van der Waals surface area (Å²) in [6.45, 7) is 1.86. The van der Waals surface area contributed by atoms with Crippen molar-refractivity contribution in [2.75, 3.05) is 7.11 Å². The van der Waals surface area contributed by atoms with Gasteiger partial charge in [0.25, 0.3) is 0 Å². The number of hydrogen-bond acceptors (Lipinski definition) is 2. The number of rotatable bonds is 2. The maximum absolute atomic E-state index is 8.91. The second kappa shape index (κ2) is 4.52. The van der Waals surface area contributed by atoms with Crippen molar-refractivity contribution in [2.45, 2.75) is 6.92 Å². The van der Waals surface area contributed by atoms with Crippen molar-refractivity contribution in [1.82, 2.24) is 4.98 Å². The smallest absolute Gasteiger partial charge is 0.120 e. The summed E-state index contributed by atoms with van der Waals surface area (Å²) in [6.07, 6.45) is 0. The van der Waals surface area contributed by atoms with E-state index >= 15 is 0 Å². The number of H-pyrrole nitrogens is 1. The summed E-state index contributed by atoms with van der Waals surface area (Å²) in [4.78, 5) is 3.14. The number of halogens is 1. The molecule has 0 spiro atoms. The number of ether oxygens (including phenoxy) is 1. The van der Waals surface area contributed by atoms with Crippen molar-refractivity contribution in [1.29, 1.82) is 5.26 Å². The van der Waals surface area contributed by atoms with E-state index in [4.69, 9.17) is 21.6 Å². The van der Waals surface area contributed by atoms with E-state index in [1.807, 2.05) is 19.1 Å². The maximum Gasteiger partial charge on any atom is 0.120 e. The zero-order chi connectivity index (χ0) is 12.4. The number of aromatic nitrogens is 1. The van der Waals surface area contributed by atoms with E-state index in [0.717, 1.165) is 17.0 Å². The Bertz CT molecular complexity index is 596. The average Bonchev–Trinajstić information content (AvgIpc) is 2.70. The van der Waals surface area contributed by atoms with E-state index in [1.165, 1.54) is 0 Å². The van der Waals surface area contributed by atoms with Crippen LogP contribution in [0.1, 0.15) is 11.3 Å². The Morgan fingerprint density at radius 1 is 1.35 bits per heavy atom. The summed E-state index contributed by atoms with van der Waals surface area (Å²) in [5, 5.41) is 9.50. The first-order chi connectivity index (χ1) is 8.15. The topological polar surface area (TPSA) is 48.8 Å². The highest BCUT2D eigenvalue weighted by atomic mass is 35.5. The van der Waals surface area contributed by atoms with Crippen molar-refractivity contribution in [3.05, 3.63) is 40.5 Å². The molecule has 0 radical (unpaired) electrons. The second-order valence-electron chi connectivity index (χ2n) is 3.68. The monoisotopic (exact) mass is 246 g/mol. The predicted molar refractivity (Wildman–Crippen MR) is 67.2 cm³/mol. The maximum atomic E-state index is 8.91. The first-order valence-corrected chi connectivity index (χ1v) is 5.47. The van der Waals surface area contributed by atoms with Gasteiger partial charge in [-0.15, -0.1) is 0 Å². The Hall–Kier alpha value is -1.92. The summed E-state index contributed by atoms with van der Waals surface area (Å²) in [6, 6.07) is 9.38. The Kier molecular flexibility index (Phi) is 3.08. The number of nitrogens with one attached hydrogen (secondary N) is 1. The third kappa shape index (κ3) is 2.13. The molecule has 1 aromatic heterocycles. The Morgan fingerprint density at radius 3 is 2.65 bits per heavy atom. The number of aryl methyl sites for hydroxylation is 1. The lowest BCUT2D eigenvalue weighted by Crippen LogP contribution is -1.85. The molecule has 0 amide bonds. The lowest BCUT2D eigenvalue weighted by Gasteiger charge is -2.04. The number of benzene rings is 1. The molecule has 0 aliphatic carbocycles. The van der Waals surface area contributed by atoms with E-state index in [1.54, 1.807) is 19.2 Å². The van der Waals surface area contributed by atoms with Crippen LogP contribution >= 0.6 is 11.6 Å². The van der Waals surface area contributed by atoms with Crippen LogP contribution in [0.25, 0.3) is 11.3 Å². The van der Waals surface area contributed by atoms with Gasteiger partial charge in [0.05, 0.1) is 17.7 Å². The van der Waals surface area contributed by atoms with Crippen molar-refractivity contribution < 1.29 is 4.74 Å². The number of nitriles is 1. The van der Waals surface area contributed by atoms with E-state index in [-0.39, 0.29) is 0 Å². The van der Waals surface area contributed by atoms with Crippen LogP contribution < -0.4 is 4.74 Å². The molecule has 0 unspecified atom stereocenters. The highest BCUT2D eigenvalue weighted by Gasteiger charge is 2.09. The molecule has 0 bridgehead atoms. The van der Waals surface area contributed by atoms with Crippen molar-refractivity contribution in [2.24, 2.45) is 0 Å². The molecule has 0 saturated heterocycles. The van der Waals surface area contributed by atoms with Gasteiger partial charge in [-0.2, -0.15) is 5.26 Å². The Morgan fingerprint density at radius 2 is 2.12 bits per heavy atom. The first kappa shape index (κ1) is 11.6.